The Hall–Kier alpha value is -1.35. The second kappa shape index (κ2) is 4.49. The van der Waals surface area contributed by atoms with E-state index in [0.29, 0.717) is 11.0 Å². The molecule has 0 saturated heterocycles. The Morgan fingerprint density at radius 2 is 1.88 bits per heavy atom. The second-order valence-corrected chi connectivity index (χ2v) is 5.63. The van der Waals surface area contributed by atoms with Crippen LogP contribution in [0.2, 0.25) is 0 Å². The molecule has 0 amide bonds. The Bertz CT molecular complexity index is 543. The van der Waals surface area contributed by atoms with E-state index in [2.05, 4.69) is 44.0 Å². The lowest BCUT2D eigenvalue weighted by molar-refractivity contribution is 0.923. The summed E-state index contributed by atoms with van der Waals surface area (Å²) in [7, 11) is 0. The average Bonchev–Trinajstić information content (AvgIpc) is 2.61. The summed E-state index contributed by atoms with van der Waals surface area (Å²) >= 11 is 1.59. The van der Waals surface area contributed by atoms with Crippen LogP contribution in [0.15, 0.2) is 18.2 Å². The molecule has 17 heavy (non-hydrogen) atoms. The van der Waals surface area contributed by atoms with Crippen LogP contribution in [0, 0.1) is 20.8 Å². The molecule has 3 heteroatoms. The number of nitrogens with zero attached hydrogens (tertiary/aromatic N) is 1. The summed E-state index contributed by atoms with van der Waals surface area (Å²) in [6, 6.07) is 6.64. The molecule has 1 aromatic carbocycles. The van der Waals surface area contributed by atoms with Gasteiger partial charge in [0.15, 0.2) is 5.13 Å². The molecule has 0 aliphatic heterocycles. The number of nitrogen functional groups attached to an aromatic ring is 1. The van der Waals surface area contributed by atoms with Crippen molar-refractivity contribution < 1.29 is 0 Å². The van der Waals surface area contributed by atoms with E-state index in [1.807, 2.05) is 6.92 Å². The van der Waals surface area contributed by atoms with Crippen molar-refractivity contribution in [2.24, 2.45) is 0 Å². The molecule has 1 aromatic heterocycles. The molecule has 0 fully saturated rings. The van der Waals surface area contributed by atoms with E-state index in [1.54, 1.807) is 11.3 Å². The van der Waals surface area contributed by atoms with Gasteiger partial charge in [-0.3, -0.25) is 0 Å². The standard InChI is InChI=1S/C14H18N2S/c1-8-5-6-12(7-9(8)2)10(3)13-11(4)16-14(15)17-13/h5-7,10H,1-4H3,(H2,15,16). The third-order valence-electron chi connectivity index (χ3n) is 3.27. The summed E-state index contributed by atoms with van der Waals surface area (Å²) in [4.78, 5) is 5.56. The lowest BCUT2D eigenvalue weighted by atomic mass is 9.95. The molecule has 1 atom stereocenters. The third-order valence-corrected chi connectivity index (χ3v) is 4.44. The van der Waals surface area contributed by atoms with E-state index < -0.39 is 0 Å². The molecule has 0 spiro atoms. The van der Waals surface area contributed by atoms with Crippen LogP contribution in [-0.4, -0.2) is 4.98 Å². The van der Waals surface area contributed by atoms with Gasteiger partial charge in [-0.25, -0.2) is 4.98 Å². The minimum absolute atomic E-state index is 0.365. The Morgan fingerprint density at radius 1 is 1.18 bits per heavy atom. The molecule has 0 aliphatic carbocycles. The first kappa shape index (κ1) is 12.1. The Labute approximate surface area is 107 Å². The number of aryl methyl sites for hydroxylation is 3. The van der Waals surface area contributed by atoms with Gasteiger partial charge in [0.1, 0.15) is 0 Å². The van der Waals surface area contributed by atoms with Crippen LogP contribution in [0.3, 0.4) is 0 Å². The predicted molar refractivity (Wildman–Crippen MR) is 74.7 cm³/mol. The van der Waals surface area contributed by atoms with Crippen molar-refractivity contribution in [1.29, 1.82) is 0 Å². The zero-order valence-electron chi connectivity index (χ0n) is 10.7. The fourth-order valence-corrected chi connectivity index (χ4v) is 2.93. The van der Waals surface area contributed by atoms with Crippen molar-refractivity contribution in [2.45, 2.75) is 33.6 Å². The molecule has 0 saturated carbocycles. The van der Waals surface area contributed by atoms with Gasteiger partial charge in [0.25, 0.3) is 0 Å². The molecule has 0 radical (unpaired) electrons. The Balaban J connectivity index is 2.40. The third kappa shape index (κ3) is 2.34. The topological polar surface area (TPSA) is 38.9 Å². The van der Waals surface area contributed by atoms with Gasteiger partial charge in [0.05, 0.1) is 5.69 Å². The fraction of sp³-hybridized carbons (Fsp3) is 0.357. The van der Waals surface area contributed by atoms with Gasteiger partial charge in [-0.2, -0.15) is 0 Å². The zero-order valence-corrected chi connectivity index (χ0v) is 11.6. The summed E-state index contributed by atoms with van der Waals surface area (Å²) in [5.74, 6) is 0.365. The van der Waals surface area contributed by atoms with Crippen molar-refractivity contribution >= 4 is 16.5 Å². The van der Waals surface area contributed by atoms with Crippen LogP contribution < -0.4 is 5.73 Å². The fourth-order valence-electron chi connectivity index (χ4n) is 2.02. The first-order chi connectivity index (χ1) is 7.99. The van der Waals surface area contributed by atoms with Gasteiger partial charge in [0, 0.05) is 10.8 Å². The van der Waals surface area contributed by atoms with Gasteiger partial charge in [-0.15, -0.1) is 11.3 Å². The van der Waals surface area contributed by atoms with Crippen LogP contribution >= 0.6 is 11.3 Å². The lowest BCUT2D eigenvalue weighted by Gasteiger charge is -2.12. The smallest absolute Gasteiger partial charge is 0.180 e. The minimum atomic E-state index is 0.365. The number of nitrogens with two attached hydrogens (primary N) is 1. The molecular weight excluding hydrogens is 228 g/mol. The highest BCUT2D eigenvalue weighted by Gasteiger charge is 2.15. The van der Waals surface area contributed by atoms with E-state index in [4.69, 9.17) is 5.73 Å². The predicted octanol–water partition coefficient (Wildman–Crippen LogP) is 3.80. The normalized spacial score (nSPS) is 12.7. The van der Waals surface area contributed by atoms with E-state index in [1.165, 1.54) is 21.6 Å². The van der Waals surface area contributed by atoms with E-state index in [0.717, 1.165) is 5.69 Å². The van der Waals surface area contributed by atoms with Crippen molar-refractivity contribution in [3.8, 4) is 0 Å². The van der Waals surface area contributed by atoms with Crippen LogP contribution in [-0.2, 0) is 0 Å². The molecule has 2 N–H and O–H groups in total. The Kier molecular flexibility index (Phi) is 3.20. The van der Waals surface area contributed by atoms with E-state index in [9.17, 15) is 0 Å². The number of thiazole rings is 1. The molecule has 2 nitrogen and oxygen atoms in total. The second-order valence-electron chi connectivity index (χ2n) is 4.57. The summed E-state index contributed by atoms with van der Waals surface area (Å²) in [5, 5.41) is 0.660. The van der Waals surface area contributed by atoms with Crippen LogP contribution in [0.1, 0.15) is 40.1 Å². The summed E-state index contributed by atoms with van der Waals surface area (Å²) in [6.45, 7) is 8.53. The van der Waals surface area contributed by atoms with Gasteiger partial charge in [0.2, 0.25) is 0 Å². The van der Waals surface area contributed by atoms with Crippen molar-refractivity contribution in [3.05, 3.63) is 45.5 Å². The number of rotatable bonds is 2. The van der Waals surface area contributed by atoms with Crippen molar-refractivity contribution in [1.82, 2.24) is 4.98 Å². The monoisotopic (exact) mass is 246 g/mol. The summed E-state index contributed by atoms with van der Waals surface area (Å²) in [6.07, 6.45) is 0. The molecule has 0 bridgehead atoms. The molecule has 0 aliphatic rings. The van der Waals surface area contributed by atoms with E-state index >= 15 is 0 Å². The van der Waals surface area contributed by atoms with Crippen LogP contribution in [0.4, 0.5) is 5.13 Å². The van der Waals surface area contributed by atoms with Crippen LogP contribution in [0.25, 0.3) is 0 Å². The first-order valence-corrected chi connectivity index (χ1v) is 6.60. The van der Waals surface area contributed by atoms with Gasteiger partial charge < -0.3 is 5.73 Å². The largest absolute Gasteiger partial charge is 0.375 e. The number of anilines is 1. The molecule has 2 aromatic rings. The number of hydrogen-bond donors (Lipinski definition) is 1. The SMILES string of the molecule is Cc1ccc(C(C)c2sc(N)nc2C)cc1C. The molecule has 90 valence electrons. The molecule has 1 heterocycles. The first-order valence-electron chi connectivity index (χ1n) is 5.79. The number of aromatic nitrogens is 1. The molecular formula is C14H18N2S. The lowest BCUT2D eigenvalue weighted by Crippen LogP contribution is -1.97. The minimum Gasteiger partial charge on any atom is -0.375 e. The van der Waals surface area contributed by atoms with Crippen molar-refractivity contribution in [2.75, 3.05) is 5.73 Å². The maximum absolute atomic E-state index is 5.76. The highest BCUT2D eigenvalue weighted by atomic mass is 32.1. The number of benzene rings is 1. The maximum atomic E-state index is 5.76. The van der Waals surface area contributed by atoms with Gasteiger partial charge in [-0.1, -0.05) is 25.1 Å². The summed E-state index contributed by atoms with van der Waals surface area (Å²) in [5.41, 5.74) is 10.8. The van der Waals surface area contributed by atoms with Crippen LogP contribution in [0.5, 0.6) is 0 Å². The maximum Gasteiger partial charge on any atom is 0.180 e. The van der Waals surface area contributed by atoms with Crippen molar-refractivity contribution in [3.63, 3.8) is 0 Å². The highest BCUT2D eigenvalue weighted by Crippen LogP contribution is 2.33. The molecule has 2 rings (SSSR count). The van der Waals surface area contributed by atoms with E-state index in [-0.39, 0.29) is 0 Å². The van der Waals surface area contributed by atoms with Gasteiger partial charge in [-0.05, 0) is 37.5 Å². The highest BCUT2D eigenvalue weighted by molar-refractivity contribution is 7.15. The zero-order chi connectivity index (χ0) is 12.6. The quantitative estimate of drug-likeness (QED) is 0.875. The summed E-state index contributed by atoms with van der Waals surface area (Å²) < 4.78 is 0. The number of hydrogen-bond acceptors (Lipinski definition) is 3. The average molecular weight is 246 g/mol. The Morgan fingerprint density at radius 3 is 2.41 bits per heavy atom. The molecule has 1 unspecified atom stereocenters. The van der Waals surface area contributed by atoms with Gasteiger partial charge >= 0.3 is 0 Å².